The van der Waals surface area contributed by atoms with Gasteiger partial charge in [-0.3, -0.25) is 9.32 Å². The van der Waals surface area contributed by atoms with Crippen molar-refractivity contribution in [3.05, 3.63) is 0 Å². The number of ether oxygens (including phenoxy) is 2. The van der Waals surface area contributed by atoms with Gasteiger partial charge in [0.2, 0.25) is 0 Å². The molecule has 0 rings (SSSR count). The maximum Gasteiger partial charge on any atom is 0.469 e. The zero-order valence-corrected chi connectivity index (χ0v) is 18.8. The van der Waals surface area contributed by atoms with E-state index < -0.39 is 33.3 Å². The number of carbonyl (C=O) groups is 1. The van der Waals surface area contributed by atoms with Crippen LogP contribution in [-0.4, -0.2) is 47.0 Å². The van der Waals surface area contributed by atoms with Crippen LogP contribution < -0.4 is 0 Å². The quantitative estimate of drug-likeness (QED) is 0.103. The third-order valence-corrected chi connectivity index (χ3v) is 5.09. The van der Waals surface area contributed by atoms with E-state index in [9.17, 15) is 9.36 Å². The van der Waals surface area contributed by atoms with Crippen molar-refractivity contribution in [2.45, 2.75) is 103 Å². The summed E-state index contributed by atoms with van der Waals surface area (Å²) in [5, 5.41) is 8.66. The summed E-state index contributed by atoms with van der Waals surface area (Å²) in [5.41, 5.74) is 0. The number of carbonyl (C=O) groups excluding carboxylic acids is 1. The van der Waals surface area contributed by atoms with Gasteiger partial charge in [-0.05, 0) is 6.42 Å². The van der Waals surface area contributed by atoms with Crippen LogP contribution in [-0.2, 0) is 23.4 Å². The van der Waals surface area contributed by atoms with E-state index in [-0.39, 0.29) is 13.0 Å². The van der Waals surface area contributed by atoms with Gasteiger partial charge in [-0.2, -0.15) is 0 Å². The van der Waals surface area contributed by atoms with Gasteiger partial charge in [-0.15, -0.1) is 0 Å². The van der Waals surface area contributed by atoms with E-state index in [2.05, 4.69) is 11.4 Å². The molecule has 0 aromatic rings. The number of phosphoric ester groups is 1. The first-order chi connectivity index (χ1) is 13.9. The molecule has 0 radical (unpaired) electrons. The number of hydrogen-bond donors (Lipinski definition) is 3. The molecule has 174 valence electrons. The van der Waals surface area contributed by atoms with E-state index in [4.69, 9.17) is 24.4 Å². The minimum absolute atomic E-state index is 0.194. The highest BCUT2D eigenvalue weighted by atomic mass is 31.2. The summed E-state index contributed by atoms with van der Waals surface area (Å²) in [6, 6.07) is 0. The second kappa shape index (κ2) is 19.5. The molecule has 9 heteroatoms. The summed E-state index contributed by atoms with van der Waals surface area (Å²) in [5.74, 6) is -0.464. The summed E-state index contributed by atoms with van der Waals surface area (Å²) in [7, 11) is -4.66. The van der Waals surface area contributed by atoms with Gasteiger partial charge in [0, 0.05) is 6.42 Å². The van der Waals surface area contributed by atoms with Gasteiger partial charge in [0.1, 0.15) is 12.9 Å². The minimum atomic E-state index is -4.66. The van der Waals surface area contributed by atoms with Gasteiger partial charge < -0.3 is 24.4 Å². The van der Waals surface area contributed by atoms with E-state index >= 15 is 0 Å². The summed E-state index contributed by atoms with van der Waals surface area (Å²) in [6.07, 6.45) is 15.1. The number of esters is 1. The van der Waals surface area contributed by atoms with Crippen molar-refractivity contribution in [2.75, 3.05) is 20.0 Å². The molecule has 0 unspecified atom stereocenters. The van der Waals surface area contributed by atoms with Crippen molar-refractivity contribution in [3.8, 4) is 0 Å². The maximum atomic E-state index is 11.9. The highest BCUT2D eigenvalue weighted by molar-refractivity contribution is 7.46. The molecule has 0 aromatic carbocycles. The Morgan fingerprint density at radius 3 is 1.76 bits per heavy atom. The van der Waals surface area contributed by atoms with E-state index in [0.717, 1.165) is 12.8 Å². The highest BCUT2D eigenvalue weighted by Gasteiger charge is 2.21. The fourth-order valence-electron chi connectivity index (χ4n) is 3.01. The molecule has 29 heavy (non-hydrogen) atoms. The van der Waals surface area contributed by atoms with E-state index in [1.165, 1.54) is 64.2 Å². The summed E-state index contributed by atoms with van der Waals surface area (Å²) in [4.78, 5) is 29.3. The van der Waals surface area contributed by atoms with Crippen LogP contribution in [0.4, 0.5) is 0 Å². The van der Waals surface area contributed by atoms with Crippen LogP contribution in [0.15, 0.2) is 0 Å². The van der Waals surface area contributed by atoms with Gasteiger partial charge in [0.15, 0.2) is 0 Å². The smallest absolute Gasteiger partial charge is 0.457 e. The molecule has 0 aliphatic heterocycles. The van der Waals surface area contributed by atoms with Crippen LogP contribution in [0.2, 0.25) is 0 Å². The first kappa shape index (κ1) is 28.5. The van der Waals surface area contributed by atoms with Crippen molar-refractivity contribution < 1.29 is 38.3 Å². The average molecular weight is 441 g/mol. The van der Waals surface area contributed by atoms with Crippen LogP contribution in [0.1, 0.15) is 96.8 Å². The Bertz CT molecular complexity index is 427. The monoisotopic (exact) mass is 440 g/mol. The van der Waals surface area contributed by atoms with Gasteiger partial charge in [-0.25, -0.2) is 4.57 Å². The van der Waals surface area contributed by atoms with E-state index in [1.54, 1.807) is 0 Å². The van der Waals surface area contributed by atoms with Crippen molar-refractivity contribution >= 4 is 13.8 Å². The number of aliphatic hydroxyl groups excluding tert-OH is 1. The highest BCUT2D eigenvalue weighted by Crippen LogP contribution is 2.35. The first-order valence-corrected chi connectivity index (χ1v) is 12.5. The number of unbranched alkanes of at least 4 members (excludes halogenated alkanes) is 12. The van der Waals surface area contributed by atoms with Crippen LogP contribution in [0.3, 0.4) is 0 Å². The fourth-order valence-corrected chi connectivity index (χ4v) is 3.37. The number of phosphoric acid groups is 1. The molecule has 0 bridgehead atoms. The van der Waals surface area contributed by atoms with Crippen molar-refractivity contribution in [3.63, 3.8) is 0 Å². The normalized spacial score (nSPS) is 12.8. The molecule has 0 fully saturated rings. The predicted octanol–water partition coefficient (Wildman–Crippen LogP) is 4.46. The average Bonchev–Trinajstić information content (AvgIpc) is 2.67. The standard InChI is InChI=1S/C20H41O8P/c1-2-3-4-5-6-7-8-9-10-11-12-13-14-15-20(22)28-19(16-26-18-21)17-27-29(23,24)25/h19,21H,2-18H2,1H3,(H2,23,24,25)/t19-/m0/s1. The number of aliphatic hydroxyl groups is 1. The zero-order valence-electron chi connectivity index (χ0n) is 17.9. The molecule has 0 amide bonds. The summed E-state index contributed by atoms with van der Waals surface area (Å²) < 4.78 is 24.9. The lowest BCUT2D eigenvalue weighted by atomic mass is 10.0. The topological polar surface area (TPSA) is 123 Å². The lowest BCUT2D eigenvalue weighted by Crippen LogP contribution is -2.28. The summed E-state index contributed by atoms with van der Waals surface area (Å²) in [6.45, 7) is 0.969. The van der Waals surface area contributed by atoms with Gasteiger partial charge in [0.05, 0.1) is 13.2 Å². The molecular weight excluding hydrogens is 399 g/mol. The lowest BCUT2D eigenvalue weighted by molar-refractivity contribution is -0.157. The van der Waals surface area contributed by atoms with E-state index in [1.807, 2.05) is 0 Å². The zero-order chi connectivity index (χ0) is 21.8. The Kier molecular flexibility index (Phi) is 19.1. The molecule has 0 aliphatic carbocycles. The second-order valence-corrected chi connectivity index (χ2v) is 8.63. The Morgan fingerprint density at radius 1 is 0.828 bits per heavy atom. The molecule has 1 atom stereocenters. The molecule has 0 aromatic heterocycles. The largest absolute Gasteiger partial charge is 0.469 e. The molecule has 0 saturated heterocycles. The van der Waals surface area contributed by atoms with Gasteiger partial charge in [0.25, 0.3) is 0 Å². The summed E-state index contributed by atoms with van der Waals surface area (Å²) >= 11 is 0. The third kappa shape index (κ3) is 22.0. The van der Waals surface area contributed by atoms with Gasteiger partial charge >= 0.3 is 13.8 Å². The third-order valence-electron chi connectivity index (χ3n) is 4.61. The second-order valence-electron chi connectivity index (χ2n) is 7.39. The first-order valence-electron chi connectivity index (χ1n) is 11.0. The van der Waals surface area contributed by atoms with Crippen LogP contribution in [0.5, 0.6) is 0 Å². The Hall–Kier alpha value is -0.500. The molecule has 0 heterocycles. The Morgan fingerprint density at radius 2 is 1.31 bits per heavy atom. The van der Waals surface area contributed by atoms with Gasteiger partial charge in [-0.1, -0.05) is 84.0 Å². The molecule has 0 aliphatic rings. The van der Waals surface area contributed by atoms with Crippen LogP contribution in [0, 0.1) is 0 Å². The Balaban J connectivity index is 3.64. The minimum Gasteiger partial charge on any atom is -0.457 e. The Labute approximate surface area is 175 Å². The predicted molar refractivity (Wildman–Crippen MR) is 111 cm³/mol. The fraction of sp³-hybridized carbons (Fsp3) is 0.950. The maximum absolute atomic E-state index is 11.9. The molecule has 0 spiro atoms. The van der Waals surface area contributed by atoms with Crippen molar-refractivity contribution in [1.29, 1.82) is 0 Å². The van der Waals surface area contributed by atoms with Crippen molar-refractivity contribution in [1.82, 2.24) is 0 Å². The lowest BCUT2D eigenvalue weighted by Gasteiger charge is -2.17. The molecular formula is C20H41O8P. The number of rotatable bonds is 21. The van der Waals surface area contributed by atoms with Crippen LogP contribution >= 0.6 is 7.82 Å². The molecule has 0 saturated carbocycles. The molecule has 8 nitrogen and oxygen atoms in total. The van der Waals surface area contributed by atoms with Crippen molar-refractivity contribution in [2.24, 2.45) is 0 Å². The SMILES string of the molecule is CCCCCCCCCCCCCCCC(=O)O[C@@H](COCO)COP(=O)(O)O. The van der Waals surface area contributed by atoms with Crippen LogP contribution in [0.25, 0.3) is 0 Å². The number of hydrogen-bond acceptors (Lipinski definition) is 6. The van der Waals surface area contributed by atoms with E-state index in [0.29, 0.717) is 6.42 Å². The molecule has 3 N–H and O–H groups in total.